The van der Waals surface area contributed by atoms with Gasteiger partial charge in [-0.25, -0.2) is 5.43 Å². The van der Waals surface area contributed by atoms with Crippen LogP contribution in [0.4, 0.5) is 5.00 Å². The summed E-state index contributed by atoms with van der Waals surface area (Å²) in [5.74, 6) is -0.897. The third-order valence-corrected chi connectivity index (χ3v) is 7.16. The van der Waals surface area contributed by atoms with Gasteiger partial charge in [-0.15, -0.1) is 11.3 Å². The standard InChI is InChI=1S/C26H25ClN4O4S/c1-15(24(33)31-29-14-16-6-10-18(27)11-7-16)35-19-12-8-17(9-13-19)25(34)30-26-22(23(28)32)20-4-2-3-5-21(20)36-26/h6-15H,2-5H2,1H3,(H2,28,32)(H,30,34)(H,31,33)/b29-14-/t15-/m1/s1. The number of nitrogens with one attached hydrogen (secondary N) is 2. The molecule has 1 aromatic heterocycles. The van der Waals surface area contributed by atoms with E-state index in [-0.39, 0.29) is 5.91 Å². The van der Waals surface area contributed by atoms with Crippen molar-refractivity contribution in [2.24, 2.45) is 10.8 Å². The average Bonchev–Trinajstić information content (AvgIpc) is 3.23. The van der Waals surface area contributed by atoms with E-state index in [0.29, 0.717) is 26.9 Å². The van der Waals surface area contributed by atoms with Crippen LogP contribution in [0.2, 0.25) is 5.02 Å². The summed E-state index contributed by atoms with van der Waals surface area (Å²) in [6.07, 6.45) is 4.44. The molecule has 2 aromatic carbocycles. The predicted molar refractivity (Wildman–Crippen MR) is 141 cm³/mol. The lowest BCUT2D eigenvalue weighted by atomic mass is 9.95. The molecule has 0 unspecified atom stereocenters. The van der Waals surface area contributed by atoms with Gasteiger partial charge < -0.3 is 15.8 Å². The van der Waals surface area contributed by atoms with Crippen LogP contribution in [0.15, 0.2) is 53.6 Å². The Kier molecular flexibility index (Phi) is 8.02. The molecule has 1 aliphatic rings. The summed E-state index contributed by atoms with van der Waals surface area (Å²) < 4.78 is 5.66. The summed E-state index contributed by atoms with van der Waals surface area (Å²) in [4.78, 5) is 38.2. The van der Waals surface area contributed by atoms with Gasteiger partial charge in [-0.1, -0.05) is 23.7 Å². The molecule has 4 rings (SSSR count). The second kappa shape index (κ2) is 11.4. The van der Waals surface area contributed by atoms with Crippen molar-refractivity contribution in [2.75, 3.05) is 5.32 Å². The number of hydrazone groups is 1. The van der Waals surface area contributed by atoms with E-state index in [1.807, 2.05) is 0 Å². The monoisotopic (exact) mass is 524 g/mol. The number of halogens is 1. The number of fused-ring (bicyclic) bond motifs is 1. The lowest BCUT2D eigenvalue weighted by Crippen LogP contribution is -2.33. The maximum absolute atomic E-state index is 12.8. The molecule has 0 aliphatic heterocycles. The Bertz CT molecular complexity index is 1300. The minimum atomic E-state index is -0.817. The van der Waals surface area contributed by atoms with Crippen molar-refractivity contribution in [3.8, 4) is 5.75 Å². The zero-order valence-electron chi connectivity index (χ0n) is 19.5. The lowest BCUT2D eigenvalue weighted by Gasteiger charge is -2.13. The average molecular weight is 525 g/mol. The molecule has 0 radical (unpaired) electrons. The topological polar surface area (TPSA) is 123 Å². The molecule has 36 heavy (non-hydrogen) atoms. The molecule has 0 fully saturated rings. The zero-order chi connectivity index (χ0) is 25.7. The molecule has 1 heterocycles. The lowest BCUT2D eigenvalue weighted by molar-refractivity contribution is -0.127. The summed E-state index contributed by atoms with van der Waals surface area (Å²) in [6, 6.07) is 13.4. The molecule has 10 heteroatoms. The van der Waals surface area contributed by atoms with E-state index in [9.17, 15) is 14.4 Å². The molecule has 3 amide bonds. The third kappa shape index (κ3) is 6.10. The van der Waals surface area contributed by atoms with Gasteiger partial charge in [-0.2, -0.15) is 5.10 Å². The van der Waals surface area contributed by atoms with Crippen LogP contribution in [0.5, 0.6) is 5.75 Å². The van der Waals surface area contributed by atoms with E-state index in [1.54, 1.807) is 55.5 Å². The molecule has 8 nitrogen and oxygen atoms in total. The fourth-order valence-corrected chi connectivity index (χ4v) is 5.26. The first-order valence-electron chi connectivity index (χ1n) is 11.4. The number of hydrogen-bond donors (Lipinski definition) is 3. The van der Waals surface area contributed by atoms with Crippen LogP contribution in [-0.4, -0.2) is 30.0 Å². The summed E-state index contributed by atoms with van der Waals surface area (Å²) in [5, 5.41) is 7.86. The van der Waals surface area contributed by atoms with Gasteiger partial charge in [0.25, 0.3) is 17.7 Å². The van der Waals surface area contributed by atoms with Gasteiger partial charge in [-0.3, -0.25) is 14.4 Å². The minimum Gasteiger partial charge on any atom is -0.481 e. The predicted octanol–water partition coefficient (Wildman–Crippen LogP) is 4.55. The van der Waals surface area contributed by atoms with Gasteiger partial charge >= 0.3 is 0 Å². The second-order valence-corrected chi connectivity index (χ2v) is 9.85. The molecule has 1 atom stereocenters. The molecule has 0 saturated carbocycles. The molecule has 3 aromatic rings. The first kappa shape index (κ1) is 25.4. The van der Waals surface area contributed by atoms with Gasteiger partial charge in [0.2, 0.25) is 0 Å². The number of benzene rings is 2. The molecule has 1 aliphatic carbocycles. The third-order valence-electron chi connectivity index (χ3n) is 5.70. The normalized spacial score (nSPS) is 13.6. The molecular weight excluding hydrogens is 500 g/mol. The maximum atomic E-state index is 12.8. The van der Waals surface area contributed by atoms with Crippen molar-refractivity contribution < 1.29 is 19.1 Å². The van der Waals surface area contributed by atoms with Gasteiger partial charge in [0, 0.05) is 15.5 Å². The van der Waals surface area contributed by atoms with Crippen molar-refractivity contribution in [3.05, 3.63) is 80.7 Å². The van der Waals surface area contributed by atoms with E-state index in [4.69, 9.17) is 22.1 Å². The summed E-state index contributed by atoms with van der Waals surface area (Å²) in [7, 11) is 0. The van der Waals surface area contributed by atoms with Crippen LogP contribution in [0.3, 0.4) is 0 Å². The van der Waals surface area contributed by atoms with Crippen molar-refractivity contribution in [1.82, 2.24) is 5.43 Å². The molecule has 4 N–H and O–H groups in total. The Balaban J connectivity index is 1.34. The zero-order valence-corrected chi connectivity index (χ0v) is 21.1. The number of rotatable bonds is 8. The van der Waals surface area contributed by atoms with E-state index in [2.05, 4.69) is 15.8 Å². The highest BCUT2D eigenvalue weighted by molar-refractivity contribution is 7.17. The Hall–Kier alpha value is -3.69. The number of primary amides is 1. The SMILES string of the molecule is C[C@@H](Oc1ccc(C(=O)Nc2sc3c(c2C(N)=O)CCCC3)cc1)C(=O)N/N=C\c1ccc(Cl)cc1. The Morgan fingerprint density at radius 1 is 1.08 bits per heavy atom. The highest BCUT2D eigenvalue weighted by Crippen LogP contribution is 2.38. The number of anilines is 1. The number of thiophene rings is 1. The molecule has 0 spiro atoms. The largest absolute Gasteiger partial charge is 0.481 e. The number of nitrogens with two attached hydrogens (primary N) is 1. The van der Waals surface area contributed by atoms with E-state index < -0.39 is 17.9 Å². The number of nitrogens with zero attached hydrogens (tertiary/aromatic N) is 1. The molecule has 0 saturated heterocycles. The van der Waals surface area contributed by atoms with Crippen LogP contribution in [0, 0.1) is 0 Å². The van der Waals surface area contributed by atoms with Gasteiger partial charge in [0.1, 0.15) is 10.8 Å². The highest BCUT2D eigenvalue weighted by atomic mass is 35.5. The Labute approximate surface area is 217 Å². The van der Waals surface area contributed by atoms with Crippen LogP contribution in [-0.2, 0) is 17.6 Å². The molecule has 186 valence electrons. The summed E-state index contributed by atoms with van der Waals surface area (Å²) >= 11 is 7.26. The minimum absolute atomic E-state index is 0.357. The van der Waals surface area contributed by atoms with Crippen LogP contribution in [0.25, 0.3) is 0 Å². The first-order chi connectivity index (χ1) is 17.3. The van der Waals surface area contributed by atoms with Crippen LogP contribution in [0.1, 0.15) is 56.5 Å². The number of hydrogen-bond acceptors (Lipinski definition) is 6. The molecular formula is C26H25ClN4O4S. The van der Waals surface area contributed by atoms with Crippen LogP contribution < -0.4 is 21.2 Å². The number of carbonyl (C=O) groups is 3. The molecule has 0 bridgehead atoms. The summed E-state index contributed by atoms with van der Waals surface area (Å²) in [6.45, 7) is 1.59. The van der Waals surface area contributed by atoms with E-state index in [1.165, 1.54) is 17.6 Å². The number of carbonyl (C=O) groups excluding carboxylic acids is 3. The number of amides is 3. The maximum Gasteiger partial charge on any atom is 0.280 e. The quantitative estimate of drug-likeness (QED) is 0.295. The number of ether oxygens (including phenoxy) is 1. The number of aryl methyl sites for hydroxylation is 1. The van der Waals surface area contributed by atoms with Gasteiger partial charge in [-0.05, 0) is 80.1 Å². The van der Waals surface area contributed by atoms with Crippen LogP contribution >= 0.6 is 22.9 Å². The van der Waals surface area contributed by atoms with Crippen molar-refractivity contribution >= 4 is 51.9 Å². The van der Waals surface area contributed by atoms with Crippen molar-refractivity contribution in [3.63, 3.8) is 0 Å². The first-order valence-corrected chi connectivity index (χ1v) is 12.6. The van der Waals surface area contributed by atoms with Gasteiger partial charge in [0.15, 0.2) is 6.10 Å². The summed E-state index contributed by atoms with van der Waals surface area (Å²) in [5.41, 5.74) is 10.6. The Morgan fingerprint density at radius 3 is 2.47 bits per heavy atom. The Morgan fingerprint density at radius 2 is 1.78 bits per heavy atom. The second-order valence-electron chi connectivity index (χ2n) is 8.30. The highest BCUT2D eigenvalue weighted by Gasteiger charge is 2.25. The van der Waals surface area contributed by atoms with E-state index in [0.717, 1.165) is 41.7 Å². The van der Waals surface area contributed by atoms with E-state index >= 15 is 0 Å². The van der Waals surface area contributed by atoms with Crippen molar-refractivity contribution in [2.45, 2.75) is 38.7 Å². The fourth-order valence-electron chi connectivity index (χ4n) is 3.84. The smallest absolute Gasteiger partial charge is 0.280 e. The van der Waals surface area contributed by atoms with Crippen molar-refractivity contribution in [1.29, 1.82) is 0 Å². The van der Waals surface area contributed by atoms with Gasteiger partial charge in [0.05, 0.1) is 11.8 Å². The fraction of sp³-hybridized carbons (Fsp3) is 0.231.